The quantitative estimate of drug-likeness (QED) is 0.327. The van der Waals surface area contributed by atoms with Crippen LogP contribution in [0.15, 0.2) is 108 Å². The molecule has 0 fully saturated rings. The summed E-state index contributed by atoms with van der Waals surface area (Å²) in [4.78, 5) is 8.07. The Bertz CT molecular complexity index is 1080. The van der Waals surface area contributed by atoms with Crippen LogP contribution in [0.4, 0.5) is 11.4 Å². The monoisotopic (exact) mass is 388 g/mol. The zero-order valence-corrected chi connectivity index (χ0v) is 16.3. The number of benzene rings is 2. The molecule has 144 valence electrons. The van der Waals surface area contributed by atoms with Crippen LogP contribution in [0.3, 0.4) is 0 Å². The van der Waals surface area contributed by atoms with E-state index in [0.717, 1.165) is 33.6 Å². The van der Waals surface area contributed by atoms with Gasteiger partial charge in [-0.05, 0) is 70.8 Å². The summed E-state index contributed by atoms with van der Waals surface area (Å²) in [6, 6.07) is 23.8. The van der Waals surface area contributed by atoms with E-state index >= 15 is 0 Å². The van der Waals surface area contributed by atoms with Gasteiger partial charge < -0.3 is 0 Å². The van der Waals surface area contributed by atoms with Crippen molar-refractivity contribution in [1.82, 2.24) is 9.97 Å². The van der Waals surface area contributed by atoms with Crippen LogP contribution >= 0.6 is 0 Å². The van der Waals surface area contributed by atoms with E-state index in [0.29, 0.717) is 0 Å². The summed E-state index contributed by atoms with van der Waals surface area (Å²) in [5.74, 6) is 0. The van der Waals surface area contributed by atoms with Crippen molar-refractivity contribution in [2.24, 2.45) is 10.2 Å². The van der Waals surface area contributed by atoms with Crippen LogP contribution in [0.1, 0.15) is 22.3 Å². The van der Waals surface area contributed by atoms with Gasteiger partial charge >= 0.3 is 0 Å². The molecule has 0 saturated carbocycles. The zero-order chi connectivity index (χ0) is 20.4. The Kier molecular flexibility index (Phi) is 6.28. The smallest absolute Gasteiger partial charge is 0.0863 e. The second kappa shape index (κ2) is 9.85. The average molecular weight is 388 g/mol. The molecule has 0 bridgehead atoms. The van der Waals surface area contributed by atoms with Crippen LogP contribution in [0.2, 0.25) is 0 Å². The van der Waals surface area contributed by atoms with Crippen LogP contribution < -0.4 is 0 Å². The lowest BCUT2D eigenvalue weighted by atomic mass is 10.1. The Hall–Kier alpha value is -4.18. The predicted molar refractivity (Wildman–Crippen MR) is 123 cm³/mol. The zero-order valence-electron chi connectivity index (χ0n) is 16.3. The molecular weight excluding hydrogens is 368 g/mol. The van der Waals surface area contributed by atoms with Crippen molar-refractivity contribution in [2.75, 3.05) is 0 Å². The molecule has 0 unspecified atom stereocenters. The summed E-state index contributed by atoms with van der Waals surface area (Å²) >= 11 is 0. The van der Waals surface area contributed by atoms with E-state index in [-0.39, 0.29) is 0 Å². The first-order valence-corrected chi connectivity index (χ1v) is 9.63. The minimum atomic E-state index is 0.810. The van der Waals surface area contributed by atoms with Gasteiger partial charge in [-0.1, -0.05) is 48.6 Å². The Balaban J connectivity index is 1.46. The van der Waals surface area contributed by atoms with Gasteiger partial charge in [0.2, 0.25) is 0 Å². The molecule has 2 aromatic heterocycles. The Morgan fingerprint density at radius 1 is 0.467 bits per heavy atom. The molecule has 0 aliphatic rings. The molecular formula is C26H20N4. The summed E-state index contributed by atoms with van der Waals surface area (Å²) < 4.78 is 0. The summed E-state index contributed by atoms with van der Waals surface area (Å²) in [7, 11) is 0. The number of hydrogen-bond acceptors (Lipinski definition) is 4. The van der Waals surface area contributed by atoms with Crippen molar-refractivity contribution in [2.45, 2.75) is 0 Å². The van der Waals surface area contributed by atoms with Crippen molar-refractivity contribution in [1.29, 1.82) is 0 Å². The minimum Gasteiger partial charge on any atom is -0.265 e. The van der Waals surface area contributed by atoms with Gasteiger partial charge in [-0.2, -0.15) is 10.2 Å². The summed E-state index contributed by atoms with van der Waals surface area (Å²) in [5.41, 5.74) is 5.96. The minimum absolute atomic E-state index is 0.810. The van der Waals surface area contributed by atoms with Crippen LogP contribution in [0.5, 0.6) is 0 Å². The molecule has 0 aliphatic heterocycles. The molecule has 4 heteroatoms. The molecule has 0 saturated heterocycles. The Morgan fingerprint density at radius 3 is 1.30 bits per heavy atom. The number of azo groups is 1. The number of pyridine rings is 2. The molecule has 2 heterocycles. The van der Waals surface area contributed by atoms with E-state index in [9.17, 15) is 0 Å². The van der Waals surface area contributed by atoms with Gasteiger partial charge in [0.05, 0.1) is 11.4 Å². The standard InChI is InChI=1S/C26H20N4/c1-3-23(9-7-21-11-15-27-16-12-21)19-25(5-1)29-30-26-6-2-4-24(20-26)10-8-22-13-17-28-18-14-22/h1-20H. The highest BCUT2D eigenvalue weighted by molar-refractivity contribution is 5.71. The number of rotatable bonds is 6. The van der Waals surface area contributed by atoms with Crippen molar-refractivity contribution < 1.29 is 0 Å². The van der Waals surface area contributed by atoms with Gasteiger partial charge in [-0.3, -0.25) is 9.97 Å². The van der Waals surface area contributed by atoms with E-state index in [1.165, 1.54) is 0 Å². The largest absolute Gasteiger partial charge is 0.265 e. The fourth-order valence-corrected chi connectivity index (χ4v) is 2.83. The van der Waals surface area contributed by atoms with Gasteiger partial charge in [0.1, 0.15) is 0 Å². The summed E-state index contributed by atoms with van der Waals surface area (Å²) in [6.45, 7) is 0. The molecule has 0 N–H and O–H groups in total. The maximum absolute atomic E-state index is 4.40. The molecule has 0 amide bonds. The molecule has 0 aliphatic carbocycles. The van der Waals surface area contributed by atoms with Gasteiger partial charge in [0.25, 0.3) is 0 Å². The van der Waals surface area contributed by atoms with E-state index < -0.39 is 0 Å². The third-order valence-electron chi connectivity index (χ3n) is 4.37. The van der Waals surface area contributed by atoms with E-state index in [4.69, 9.17) is 0 Å². The summed E-state index contributed by atoms with van der Waals surface area (Å²) in [5, 5.41) is 8.80. The Labute approximate surface area is 176 Å². The molecule has 4 aromatic rings. The second-order valence-electron chi connectivity index (χ2n) is 6.62. The number of hydrogen-bond donors (Lipinski definition) is 0. The van der Waals surface area contributed by atoms with E-state index in [1.807, 2.05) is 72.8 Å². The first-order chi connectivity index (χ1) is 14.8. The fourth-order valence-electron chi connectivity index (χ4n) is 2.83. The lowest BCUT2D eigenvalue weighted by molar-refractivity contribution is 1.23. The van der Waals surface area contributed by atoms with Crippen molar-refractivity contribution in [3.8, 4) is 0 Å². The molecule has 0 atom stereocenters. The fraction of sp³-hybridized carbons (Fsp3) is 0. The first-order valence-electron chi connectivity index (χ1n) is 9.63. The lowest BCUT2D eigenvalue weighted by Crippen LogP contribution is -1.75. The van der Waals surface area contributed by atoms with Gasteiger partial charge in [-0.15, -0.1) is 0 Å². The van der Waals surface area contributed by atoms with Crippen molar-refractivity contribution in [3.63, 3.8) is 0 Å². The molecule has 0 spiro atoms. The SMILES string of the molecule is C(=Cc1cccc(N=Nc2cccc(C=Cc3ccncc3)c2)c1)c1ccncc1. The van der Waals surface area contributed by atoms with Crippen molar-refractivity contribution in [3.05, 3.63) is 120 Å². The van der Waals surface area contributed by atoms with Gasteiger partial charge in [-0.25, -0.2) is 0 Å². The molecule has 4 nitrogen and oxygen atoms in total. The van der Waals surface area contributed by atoms with Crippen LogP contribution in [-0.2, 0) is 0 Å². The molecule has 2 aromatic carbocycles. The van der Waals surface area contributed by atoms with E-state index in [1.54, 1.807) is 24.8 Å². The maximum Gasteiger partial charge on any atom is 0.0863 e. The van der Waals surface area contributed by atoms with Crippen LogP contribution in [-0.4, -0.2) is 9.97 Å². The number of nitrogens with zero attached hydrogens (tertiary/aromatic N) is 4. The number of aromatic nitrogens is 2. The highest BCUT2D eigenvalue weighted by atomic mass is 15.1. The topological polar surface area (TPSA) is 50.5 Å². The van der Waals surface area contributed by atoms with Gasteiger partial charge in [0, 0.05) is 24.8 Å². The molecule has 30 heavy (non-hydrogen) atoms. The highest BCUT2D eigenvalue weighted by Crippen LogP contribution is 2.22. The maximum atomic E-state index is 4.40. The third kappa shape index (κ3) is 5.66. The van der Waals surface area contributed by atoms with E-state index in [2.05, 4.69) is 44.5 Å². The normalized spacial score (nSPS) is 11.6. The first kappa shape index (κ1) is 19.2. The van der Waals surface area contributed by atoms with Crippen LogP contribution in [0.25, 0.3) is 24.3 Å². The van der Waals surface area contributed by atoms with Crippen molar-refractivity contribution >= 4 is 35.7 Å². The molecule has 0 radical (unpaired) electrons. The predicted octanol–water partition coefficient (Wildman–Crippen LogP) is 7.23. The summed E-state index contributed by atoms with van der Waals surface area (Å²) in [6.07, 6.45) is 15.3. The average Bonchev–Trinajstić information content (AvgIpc) is 2.82. The highest BCUT2D eigenvalue weighted by Gasteiger charge is 1.95. The van der Waals surface area contributed by atoms with Gasteiger partial charge in [0.15, 0.2) is 0 Å². The van der Waals surface area contributed by atoms with Crippen LogP contribution in [0, 0.1) is 0 Å². The lowest BCUT2D eigenvalue weighted by Gasteiger charge is -1.98. The second-order valence-corrected chi connectivity index (χ2v) is 6.62. The molecule has 4 rings (SSSR count). The Morgan fingerprint density at radius 2 is 0.867 bits per heavy atom. The third-order valence-corrected chi connectivity index (χ3v) is 4.37.